The molecular formula is C11H11NO3. The molecule has 1 aliphatic rings. The van der Waals surface area contributed by atoms with Gasteiger partial charge in [-0.15, -0.1) is 0 Å². The molecule has 0 amide bonds. The van der Waals surface area contributed by atoms with Crippen molar-refractivity contribution in [2.75, 3.05) is 5.73 Å². The summed E-state index contributed by atoms with van der Waals surface area (Å²) in [4.78, 5) is 21.8. The number of nitrogens with two attached hydrogens (primary N) is 1. The Morgan fingerprint density at radius 1 is 1.27 bits per heavy atom. The number of hydrogen-bond acceptors (Lipinski definition) is 3. The Morgan fingerprint density at radius 3 is 2.60 bits per heavy atom. The summed E-state index contributed by atoms with van der Waals surface area (Å²) in [5, 5.41) is 8.60. The maximum Gasteiger partial charge on any atom is 0.372 e. The third-order valence-corrected chi connectivity index (χ3v) is 2.74. The number of carboxylic acid groups (broad SMARTS) is 1. The van der Waals surface area contributed by atoms with Crippen molar-refractivity contribution >= 4 is 17.4 Å². The fraction of sp³-hybridized carbons (Fsp3) is 0.273. The average molecular weight is 205 g/mol. The molecule has 78 valence electrons. The fourth-order valence-electron chi connectivity index (χ4n) is 2.00. The predicted octanol–water partition coefficient (Wildman–Crippen LogP) is 0.637. The van der Waals surface area contributed by atoms with E-state index >= 15 is 0 Å². The number of Topliss-reactive ketones (excluding diaryl/α,β-unsaturated/α-hetero) is 1. The van der Waals surface area contributed by atoms with Gasteiger partial charge in [0.25, 0.3) is 0 Å². The second kappa shape index (κ2) is 3.38. The van der Waals surface area contributed by atoms with Crippen molar-refractivity contribution in [2.24, 2.45) is 5.92 Å². The molecule has 1 unspecified atom stereocenters. The second-order valence-corrected chi connectivity index (χ2v) is 3.80. The van der Waals surface area contributed by atoms with Crippen molar-refractivity contribution in [1.82, 2.24) is 0 Å². The van der Waals surface area contributed by atoms with E-state index in [1.807, 2.05) is 12.1 Å². The Bertz CT molecular complexity index is 439. The van der Waals surface area contributed by atoms with Crippen molar-refractivity contribution in [1.29, 1.82) is 0 Å². The predicted molar refractivity (Wildman–Crippen MR) is 54.4 cm³/mol. The number of carboxylic acids is 1. The first-order valence-corrected chi connectivity index (χ1v) is 4.72. The summed E-state index contributed by atoms with van der Waals surface area (Å²) in [6, 6.07) is 5.44. The van der Waals surface area contributed by atoms with Crippen molar-refractivity contribution in [2.45, 2.75) is 12.8 Å². The Hall–Kier alpha value is -1.84. The van der Waals surface area contributed by atoms with Crippen LogP contribution in [0.25, 0.3) is 0 Å². The zero-order valence-corrected chi connectivity index (χ0v) is 8.06. The minimum absolute atomic E-state index is 0.417. The molecule has 0 saturated heterocycles. The number of carbonyl (C=O) groups excluding carboxylic acids is 1. The van der Waals surface area contributed by atoms with Crippen molar-refractivity contribution < 1.29 is 14.7 Å². The van der Waals surface area contributed by atoms with E-state index in [0.717, 1.165) is 11.1 Å². The lowest BCUT2D eigenvalue weighted by Crippen LogP contribution is -2.23. The molecule has 3 N–H and O–H groups in total. The van der Waals surface area contributed by atoms with Crippen LogP contribution in [0.1, 0.15) is 11.1 Å². The molecule has 1 aromatic carbocycles. The maximum absolute atomic E-state index is 11.3. The van der Waals surface area contributed by atoms with Crippen molar-refractivity contribution in [3.8, 4) is 0 Å². The lowest BCUT2D eigenvalue weighted by Gasteiger charge is -2.01. The van der Waals surface area contributed by atoms with E-state index in [-0.39, 0.29) is 0 Å². The lowest BCUT2D eigenvalue weighted by molar-refractivity contribution is -0.150. The smallest absolute Gasteiger partial charge is 0.372 e. The van der Waals surface area contributed by atoms with E-state index in [0.29, 0.717) is 18.5 Å². The van der Waals surface area contributed by atoms with E-state index < -0.39 is 17.7 Å². The molecule has 0 spiro atoms. The highest BCUT2D eigenvalue weighted by Gasteiger charge is 2.31. The van der Waals surface area contributed by atoms with Crippen LogP contribution >= 0.6 is 0 Å². The molecule has 0 bridgehead atoms. The number of aliphatic carboxylic acids is 1. The number of rotatable bonds is 2. The van der Waals surface area contributed by atoms with E-state index in [1.165, 1.54) is 0 Å². The van der Waals surface area contributed by atoms with Gasteiger partial charge in [-0.1, -0.05) is 6.07 Å². The van der Waals surface area contributed by atoms with Crippen LogP contribution in [0.4, 0.5) is 5.69 Å². The molecule has 1 aliphatic carbocycles. The Morgan fingerprint density at radius 2 is 1.93 bits per heavy atom. The number of nitrogen functional groups attached to an aromatic ring is 1. The van der Waals surface area contributed by atoms with Crippen LogP contribution in [-0.4, -0.2) is 16.9 Å². The monoisotopic (exact) mass is 205 g/mol. The van der Waals surface area contributed by atoms with Gasteiger partial charge in [-0.25, -0.2) is 4.79 Å². The summed E-state index contributed by atoms with van der Waals surface area (Å²) >= 11 is 0. The quantitative estimate of drug-likeness (QED) is 0.548. The molecular weight excluding hydrogens is 194 g/mol. The normalized spacial score (nSPS) is 18.5. The van der Waals surface area contributed by atoms with E-state index in [2.05, 4.69) is 0 Å². The van der Waals surface area contributed by atoms with Crippen LogP contribution in [0.2, 0.25) is 0 Å². The zero-order valence-electron chi connectivity index (χ0n) is 8.06. The molecule has 1 aromatic rings. The maximum atomic E-state index is 11.3. The van der Waals surface area contributed by atoms with Gasteiger partial charge in [0, 0.05) is 11.6 Å². The van der Waals surface area contributed by atoms with Crippen LogP contribution in [-0.2, 0) is 22.4 Å². The molecule has 0 fully saturated rings. The van der Waals surface area contributed by atoms with Gasteiger partial charge >= 0.3 is 5.97 Å². The number of anilines is 1. The molecule has 15 heavy (non-hydrogen) atoms. The van der Waals surface area contributed by atoms with Crippen LogP contribution < -0.4 is 5.73 Å². The summed E-state index contributed by atoms with van der Waals surface area (Å²) < 4.78 is 0. The van der Waals surface area contributed by atoms with Gasteiger partial charge in [-0.2, -0.15) is 0 Å². The SMILES string of the molecule is Nc1ccc2c(c1)CC(C(=O)C(=O)O)C2. The topological polar surface area (TPSA) is 80.4 Å². The first-order chi connectivity index (χ1) is 7.08. The number of fused-ring (bicyclic) bond motifs is 1. The van der Waals surface area contributed by atoms with Gasteiger partial charge in [-0.3, -0.25) is 4.79 Å². The molecule has 0 heterocycles. The van der Waals surface area contributed by atoms with Gasteiger partial charge < -0.3 is 10.8 Å². The van der Waals surface area contributed by atoms with Crippen LogP contribution in [0.5, 0.6) is 0 Å². The van der Waals surface area contributed by atoms with E-state index in [4.69, 9.17) is 10.8 Å². The van der Waals surface area contributed by atoms with Gasteiger partial charge in [0.1, 0.15) is 0 Å². The number of benzene rings is 1. The first kappa shape index (κ1) is 9.71. The molecule has 4 heteroatoms. The number of carbonyl (C=O) groups is 2. The molecule has 0 radical (unpaired) electrons. The van der Waals surface area contributed by atoms with Crippen molar-refractivity contribution in [3.05, 3.63) is 29.3 Å². The van der Waals surface area contributed by atoms with Crippen LogP contribution in [0.3, 0.4) is 0 Å². The van der Waals surface area contributed by atoms with Gasteiger partial charge in [0.15, 0.2) is 0 Å². The molecule has 2 rings (SSSR count). The first-order valence-electron chi connectivity index (χ1n) is 4.72. The van der Waals surface area contributed by atoms with E-state index in [9.17, 15) is 9.59 Å². The largest absolute Gasteiger partial charge is 0.475 e. The Balaban J connectivity index is 2.22. The van der Waals surface area contributed by atoms with Gasteiger partial charge in [0.2, 0.25) is 5.78 Å². The third-order valence-electron chi connectivity index (χ3n) is 2.74. The number of ketones is 1. The summed E-state index contributed by atoms with van der Waals surface area (Å²) in [5.41, 5.74) is 8.29. The van der Waals surface area contributed by atoms with Gasteiger partial charge in [-0.05, 0) is 36.1 Å². The van der Waals surface area contributed by atoms with E-state index in [1.54, 1.807) is 6.07 Å². The average Bonchev–Trinajstić information content (AvgIpc) is 2.58. The minimum Gasteiger partial charge on any atom is -0.475 e. The highest BCUT2D eigenvalue weighted by molar-refractivity contribution is 6.33. The second-order valence-electron chi connectivity index (χ2n) is 3.80. The molecule has 1 atom stereocenters. The molecule has 4 nitrogen and oxygen atoms in total. The zero-order chi connectivity index (χ0) is 11.0. The Kier molecular flexibility index (Phi) is 2.19. The highest BCUT2D eigenvalue weighted by atomic mass is 16.4. The van der Waals surface area contributed by atoms with Crippen LogP contribution in [0, 0.1) is 5.92 Å². The molecule has 0 saturated carbocycles. The Labute approximate surface area is 86.7 Å². The number of hydrogen-bond donors (Lipinski definition) is 2. The summed E-state index contributed by atoms with van der Waals surface area (Å²) in [6.45, 7) is 0. The standard InChI is InChI=1S/C11H11NO3/c12-9-2-1-6-3-8(4-7(6)5-9)10(13)11(14)15/h1-2,5,8H,3-4,12H2,(H,14,15). The summed E-state index contributed by atoms with van der Waals surface area (Å²) in [7, 11) is 0. The fourth-order valence-corrected chi connectivity index (χ4v) is 2.00. The van der Waals surface area contributed by atoms with Crippen molar-refractivity contribution in [3.63, 3.8) is 0 Å². The molecule has 0 aliphatic heterocycles. The van der Waals surface area contributed by atoms with Crippen LogP contribution in [0.15, 0.2) is 18.2 Å². The third kappa shape index (κ3) is 1.70. The summed E-state index contributed by atoms with van der Waals surface area (Å²) in [5.74, 6) is -2.47. The summed E-state index contributed by atoms with van der Waals surface area (Å²) in [6.07, 6.45) is 1.01. The van der Waals surface area contributed by atoms with Gasteiger partial charge in [0.05, 0.1) is 0 Å². The minimum atomic E-state index is -1.35. The highest BCUT2D eigenvalue weighted by Crippen LogP contribution is 2.28. The lowest BCUT2D eigenvalue weighted by atomic mass is 10.0. The molecule has 0 aromatic heterocycles.